The second-order valence-corrected chi connectivity index (χ2v) is 6.25. The number of carbonyl (C=O) groups excluding carboxylic acids is 2. The first-order valence-electron chi connectivity index (χ1n) is 8.00. The fraction of sp³-hybridized carbons (Fsp3) is 0.500. The van der Waals surface area contributed by atoms with Gasteiger partial charge in [0, 0.05) is 25.2 Å². The van der Waals surface area contributed by atoms with Gasteiger partial charge in [-0.3, -0.25) is 14.3 Å². The smallest absolute Gasteiger partial charge is 0.273 e. The van der Waals surface area contributed by atoms with Gasteiger partial charge in [0.2, 0.25) is 11.8 Å². The zero-order valence-electron chi connectivity index (χ0n) is 13.8. The lowest BCUT2D eigenvalue weighted by molar-refractivity contribution is -0.122. The molecule has 128 valence electrons. The Hall–Kier alpha value is -2.64. The molecule has 2 aromatic rings. The molecule has 1 saturated carbocycles. The first-order valence-corrected chi connectivity index (χ1v) is 8.00. The molecule has 8 heteroatoms. The van der Waals surface area contributed by atoms with Crippen LogP contribution in [0.25, 0.3) is 11.5 Å². The van der Waals surface area contributed by atoms with E-state index in [4.69, 9.17) is 10.2 Å². The third kappa shape index (κ3) is 3.32. The SMILES string of the molecule is Cc1oc(-c2cnn(C)c2)nc1C(=O)NC1CCC(C(N)=O)CC1. The van der Waals surface area contributed by atoms with E-state index in [1.807, 2.05) is 0 Å². The van der Waals surface area contributed by atoms with Gasteiger partial charge in [-0.05, 0) is 32.6 Å². The number of hydrogen-bond acceptors (Lipinski definition) is 5. The topological polar surface area (TPSA) is 116 Å². The lowest BCUT2D eigenvalue weighted by Crippen LogP contribution is -2.40. The van der Waals surface area contributed by atoms with E-state index < -0.39 is 0 Å². The van der Waals surface area contributed by atoms with Crippen molar-refractivity contribution in [3.05, 3.63) is 23.8 Å². The molecule has 0 radical (unpaired) electrons. The summed E-state index contributed by atoms with van der Waals surface area (Å²) < 4.78 is 7.23. The molecule has 0 bridgehead atoms. The van der Waals surface area contributed by atoms with Gasteiger partial charge in [-0.15, -0.1) is 0 Å². The van der Waals surface area contributed by atoms with E-state index in [9.17, 15) is 9.59 Å². The van der Waals surface area contributed by atoms with Crippen molar-refractivity contribution in [3.63, 3.8) is 0 Å². The number of oxazole rings is 1. The second-order valence-electron chi connectivity index (χ2n) is 6.25. The third-order valence-corrected chi connectivity index (χ3v) is 4.43. The van der Waals surface area contributed by atoms with Crippen LogP contribution in [0.15, 0.2) is 16.8 Å². The molecule has 0 aromatic carbocycles. The normalized spacial score (nSPS) is 20.8. The Bertz CT molecular complexity index is 756. The Balaban J connectivity index is 1.66. The van der Waals surface area contributed by atoms with Gasteiger partial charge in [0.25, 0.3) is 5.91 Å². The first-order chi connectivity index (χ1) is 11.4. The number of primary amides is 1. The molecular weight excluding hydrogens is 310 g/mol. The van der Waals surface area contributed by atoms with Crippen LogP contribution in [0.4, 0.5) is 0 Å². The Morgan fingerprint density at radius 2 is 2.04 bits per heavy atom. The van der Waals surface area contributed by atoms with Gasteiger partial charge in [-0.2, -0.15) is 5.10 Å². The van der Waals surface area contributed by atoms with Crippen molar-refractivity contribution in [2.24, 2.45) is 18.7 Å². The summed E-state index contributed by atoms with van der Waals surface area (Å²) in [5, 5.41) is 7.04. The number of aromatic nitrogens is 3. The number of carbonyl (C=O) groups is 2. The molecule has 0 spiro atoms. The average molecular weight is 331 g/mol. The van der Waals surface area contributed by atoms with Crippen LogP contribution in [-0.4, -0.2) is 32.6 Å². The number of aryl methyl sites for hydroxylation is 2. The van der Waals surface area contributed by atoms with E-state index in [2.05, 4.69) is 15.4 Å². The van der Waals surface area contributed by atoms with E-state index in [0.29, 0.717) is 24.5 Å². The van der Waals surface area contributed by atoms with Crippen molar-refractivity contribution in [1.82, 2.24) is 20.1 Å². The molecule has 1 fully saturated rings. The maximum absolute atomic E-state index is 12.5. The van der Waals surface area contributed by atoms with Crippen molar-refractivity contribution in [2.75, 3.05) is 0 Å². The average Bonchev–Trinajstić information content (AvgIpc) is 3.13. The van der Waals surface area contributed by atoms with Crippen LogP contribution >= 0.6 is 0 Å². The van der Waals surface area contributed by atoms with Crippen LogP contribution < -0.4 is 11.1 Å². The fourth-order valence-corrected chi connectivity index (χ4v) is 3.04. The highest BCUT2D eigenvalue weighted by molar-refractivity contribution is 5.93. The summed E-state index contributed by atoms with van der Waals surface area (Å²) in [4.78, 5) is 27.9. The summed E-state index contributed by atoms with van der Waals surface area (Å²) in [7, 11) is 1.80. The number of rotatable bonds is 4. The zero-order valence-corrected chi connectivity index (χ0v) is 13.8. The monoisotopic (exact) mass is 331 g/mol. The fourth-order valence-electron chi connectivity index (χ4n) is 3.04. The van der Waals surface area contributed by atoms with Crippen molar-refractivity contribution in [2.45, 2.75) is 38.6 Å². The van der Waals surface area contributed by atoms with E-state index in [0.717, 1.165) is 18.4 Å². The number of amides is 2. The minimum absolute atomic E-state index is 0.0334. The largest absolute Gasteiger partial charge is 0.440 e. The lowest BCUT2D eigenvalue weighted by Gasteiger charge is -2.27. The minimum atomic E-state index is -0.256. The highest BCUT2D eigenvalue weighted by Gasteiger charge is 2.27. The summed E-state index contributed by atoms with van der Waals surface area (Å²) in [6.45, 7) is 1.71. The van der Waals surface area contributed by atoms with E-state index in [1.54, 1.807) is 31.0 Å². The van der Waals surface area contributed by atoms with E-state index in [-0.39, 0.29) is 29.5 Å². The standard InChI is InChI=1S/C16H21N5O3/c1-9-13(20-16(24-9)11-7-18-21(2)8-11)15(23)19-12-5-3-10(4-6-12)14(17)22/h7-8,10,12H,3-6H2,1-2H3,(H2,17,22)(H,19,23). The molecule has 0 saturated heterocycles. The molecule has 3 N–H and O–H groups in total. The summed E-state index contributed by atoms with van der Waals surface area (Å²) in [6.07, 6.45) is 6.31. The van der Waals surface area contributed by atoms with Crippen LogP contribution in [0.5, 0.6) is 0 Å². The number of hydrogen-bond donors (Lipinski definition) is 2. The van der Waals surface area contributed by atoms with Crippen LogP contribution in [0, 0.1) is 12.8 Å². The quantitative estimate of drug-likeness (QED) is 0.872. The van der Waals surface area contributed by atoms with Crippen molar-refractivity contribution >= 4 is 11.8 Å². The van der Waals surface area contributed by atoms with Crippen LogP contribution in [0.2, 0.25) is 0 Å². The van der Waals surface area contributed by atoms with Gasteiger partial charge in [0.05, 0.1) is 11.8 Å². The predicted molar refractivity (Wildman–Crippen MR) is 85.8 cm³/mol. The molecule has 8 nitrogen and oxygen atoms in total. The highest BCUT2D eigenvalue weighted by atomic mass is 16.4. The van der Waals surface area contributed by atoms with Crippen molar-refractivity contribution in [1.29, 1.82) is 0 Å². The molecule has 1 aliphatic rings. The van der Waals surface area contributed by atoms with Gasteiger partial charge in [-0.1, -0.05) is 0 Å². The molecule has 1 aliphatic carbocycles. The van der Waals surface area contributed by atoms with Gasteiger partial charge in [-0.25, -0.2) is 4.98 Å². The first kappa shape index (κ1) is 16.2. The molecule has 0 atom stereocenters. The summed E-state index contributed by atoms with van der Waals surface area (Å²) in [5.74, 6) is 0.256. The Kier molecular flexibility index (Phi) is 4.37. The van der Waals surface area contributed by atoms with Gasteiger partial charge < -0.3 is 15.5 Å². The van der Waals surface area contributed by atoms with Crippen LogP contribution in [-0.2, 0) is 11.8 Å². The Morgan fingerprint density at radius 1 is 1.33 bits per heavy atom. The summed E-state index contributed by atoms with van der Waals surface area (Å²) >= 11 is 0. The molecule has 2 heterocycles. The molecule has 3 rings (SSSR count). The number of nitrogens with zero attached hydrogens (tertiary/aromatic N) is 3. The summed E-state index contributed by atoms with van der Waals surface area (Å²) in [5.41, 5.74) is 6.34. The molecule has 24 heavy (non-hydrogen) atoms. The molecule has 2 amide bonds. The third-order valence-electron chi connectivity index (χ3n) is 4.43. The van der Waals surface area contributed by atoms with Gasteiger partial charge in [0.15, 0.2) is 5.69 Å². The van der Waals surface area contributed by atoms with Gasteiger partial charge in [0.1, 0.15) is 5.76 Å². The molecule has 0 unspecified atom stereocenters. The van der Waals surface area contributed by atoms with E-state index in [1.165, 1.54) is 0 Å². The zero-order chi connectivity index (χ0) is 17.3. The lowest BCUT2D eigenvalue weighted by atomic mass is 9.85. The second kappa shape index (κ2) is 6.46. The van der Waals surface area contributed by atoms with Crippen molar-refractivity contribution in [3.8, 4) is 11.5 Å². The highest BCUT2D eigenvalue weighted by Crippen LogP contribution is 2.25. The van der Waals surface area contributed by atoms with Crippen LogP contribution in [0.1, 0.15) is 41.9 Å². The van der Waals surface area contributed by atoms with Crippen molar-refractivity contribution < 1.29 is 14.0 Å². The Labute approximate surface area is 139 Å². The minimum Gasteiger partial charge on any atom is -0.440 e. The molecule has 0 aliphatic heterocycles. The number of nitrogens with two attached hydrogens (primary N) is 1. The molecular formula is C16H21N5O3. The maximum atomic E-state index is 12.5. The summed E-state index contributed by atoms with van der Waals surface area (Å²) in [6, 6.07) is 0.0334. The number of nitrogens with one attached hydrogen (secondary N) is 1. The predicted octanol–water partition coefficient (Wildman–Crippen LogP) is 1.16. The Morgan fingerprint density at radius 3 is 2.62 bits per heavy atom. The van der Waals surface area contributed by atoms with Gasteiger partial charge >= 0.3 is 0 Å². The maximum Gasteiger partial charge on any atom is 0.273 e. The molecule has 2 aromatic heterocycles. The van der Waals surface area contributed by atoms with E-state index >= 15 is 0 Å². The van der Waals surface area contributed by atoms with Crippen LogP contribution in [0.3, 0.4) is 0 Å².